The third-order valence-electron chi connectivity index (χ3n) is 2.56. The second-order valence-corrected chi connectivity index (χ2v) is 5.41. The van der Waals surface area contributed by atoms with Crippen molar-refractivity contribution in [3.63, 3.8) is 0 Å². The van der Waals surface area contributed by atoms with Gasteiger partial charge in [0.1, 0.15) is 11.5 Å². The van der Waals surface area contributed by atoms with Gasteiger partial charge in [-0.15, -0.1) is 0 Å². The summed E-state index contributed by atoms with van der Waals surface area (Å²) >= 11 is 6.60. The van der Waals surface area contributed by atoms with Crippen LogP contribution >= 0.6 is 31.9 Å². The van der Waals surface area contributed by atoms with Gasteiger partial charge in [-0.05, 0) is 45.8 Å². The van der Waals surface area contributed by atoms with Gasteiger partial charge in [-0.2, -0.15) is 13.2 Å². The lowest BCUT2D eigenvalue weighted by molar-refractivity contribution is -0.138. The van der Waals surface area contributed by atoms with E-state index in [0.29, 0.717) is 15.6 Å². The van der Waals surface area contributed by atoms with Crippen LogP contribution in [0.4, 0.5) is 13.2 Å². The Morgan fingerprint density at radius 1 is 1.00 bits per heavy atom. The Morgan fingerprint density at radius 2 is 1.70 bits per heavy atom. The lowest BCUT2D eigenvalue weighted by Crippen LogP contribution is -2.06. The molecule has 106 valence electrons. The van der Waals surface area contributed by atoms with Gasteiger partial charge < -0.3 is 4.74 Å². The number of benzene rings is 2. The van der Waals surface area contributed by atoms with Crippen molar-refractivity contribution in [3.8, 4) is 11.5 Å². The van der Waals surface area contributed by atoms with E-state index in [0.717, 1.165) is 11.6 Å². The van der Waals surface area contributed by atoms with Crippen molar-refractivity contribution in [2.24, 2.45) is 0 Å². The fraction of sp³-hybridized carbons (Fsp3) is 0.143. The highest BCUT2D eigenvalue weighted by Crippen LogP contribution is 2.39. The van der Waals surface area contributed by atoms with Crippen LogP contribution in [0.3, 0.4) is 0 Å². The summed E-state index contributed by atoms with van der Waals surface area (Å²) in [6, 6.07) is 10.3. The molecule has 0 aliphatic rings. The summed E-state index contributed by atoms with van der Waals surface area (Å²) in [5.74, 6) is 0.124. The van der Waals surface area contributed by atoms with E-state index in [2.05, 4.69) is 31.9 Å². The third-order valence-corrected chi connectivity index (χ3v) is 3.83. The fourth-order valence-electron chi connectivity index (χ4n) is 1.62. The first-order valence-corrected chi connectivity index (χ1v) is 7.51. The molecule has 0 aliphatic heterocycles. The average Bonchev–Trinajstić information content (AvgIpc) is 2.40. The van der Waals surface area contributed by atoms with E-state index in [1.54, 1.807) is 18.2 Å². The molecule has 2 aromatic carbocycles. The average molecular weight is 410 g/mol. The molecule has 0 saturated carbocycles. The van der Waals surface area contributed by atoms with Gasteiger partial charge in [0, 0.05) is 5.33 Å². The summed E-state index contributed by atoms with van der Waals surface area (Å²) in [5, 5.41) is 0.658. The van der Waals surface area contributed by atoms with Gasteiger partial charge >= 0.3 is 6.18 Å². The molecule has 0 saturated heterocycles. The van der Waals surface area contributed by atoms with Crippen LogP contribution in [-0.2, 0) is 11.5 Å². The molecule has 0 radical (unpaired) electrons. The van der Waals surface area contributed by atoms with Gasteiger partial charge in [0.05, 0.1) is 10.0 Å². The third kappa shape index (κ3) is 3.55. The van der Waals surface area contributed by atoms with Crippen LogP contribution in [0.25, 0.3) is 0 Å². The molecule has 2 rings (SSSR count). The topological polar surface area (TPSA) is 9.23 Å². The van der Waals surface area contributed by atoms with Gasteiger partial charge in [0.15, 0.2) is 0 Å². The Labute approximate surface area is 131 Å². The number of hydrogen-bond donors (Lipinski definition) is 0. The van der Waals surface area contributed by atoms with Crippen molar-refractivity contribution in [2.45, 2.75) is 11.5 Å². The Morgan fingerprint density at radius 3 is 2.30 bits per heavy atom. The summed E-state index contributed by atoms with van der Waals surface area (Å²) in [7, 11) is 0. The molecule has 0 aromatic heterocycles. The zero-order chi connectivity index (χ0) is 14.8. The number of para-hydroxylation sites is 1. The largest absolute Gasteiger partial charge is 0.456 e. The van der Waals surface area contributed by atoms with Gasteiger partial charge in [-0.3, -0.25) is 0 Å². The Balaban J connectivity index is 2.36. The molecular formula is C14H9Br2F3O. The molecule has 0 spiro atoms. The van der Waals surface area contributed by atoms with Gasteiger partial charge in [-0.1, -0.05) is 34.1 Å². The first-order chi connectivity index (χ1) is 9.41. The van der Waals surface area contributed by atoms with Gasteiger partial charge in [0.25, 0.3) is 0 Å². The van der Waals surface area contributed by atoms with Crippen LogP contribution in [0.2, 0.25) is 0 Å². The smallest absolute Gasteiger partial charge is 0.419 e. The predicted molar refractivity (Wildman–Crippen MR) is 78.3 cm³/mol. The molecule has 6 heteroatoms. The Kier molecular flexibility index (Phi) is 4.75. The lowest BCUT2D eigenvalue weighted by atomic mass is 10.2. The van der Waals surface area contributed by atoms with Crippen molar-refractivity contribution < 1.29 is 17.9 Å². The second-order valence-electron chi connectivity index (χ2n) is 3.99. The van der Waals surface area contributed by atoms with Crippen molar-refractivity contribution >= 4 is 31.9 Å². The molecule has 0 atom stereocenters. The number of hydrogen-bond acceptors (Lipinski definition) is 1. The molecule has 0 fully saturated rings. The normalized spacial score (nSPS) is 11.4. The Bertz CT molecular complexity index is 612. The lowest BCUT2D eigenvalue weighted by Gasteiger charge is -2.14. The summed E-state index contributed by atoms with van der Waals surface area (Å²) in [5.41, 5.74) is 0.199. The second kappa shape index (κ2) is 6.18. The number of ether oxygens (including phenoxy) is 1. The number of alkyl halides is 4. The summed E-state index contributed by atoms with van der Waals surface area (Å²) < 4.78 is 44.6. The molecule has 0 bridgehead atoms. The molecule has 2 aromatic rings. The number of halogens is 5. The van der Waals surface area contributed by atoms with Crippen LogP contribution in [0.1, 0.15) is 11.1 Å². The van der Waals surface area contributed by atoms with Gasteiger partial charge in [0.2, 0.25) is 0 Å². The highest BCUT2D eigenvalue weighted by Gasteiger charge is 2.34. The van der Waals surface area contributed by atoms with Crippen LogP contribution in [-0.4, -0.2) is 0 Å². The van der Waals surface area contributed by atoms with Gasteiger partial charge in [-0.25, -0.2) is 0 Å². The van der Waals surface area contributed by atoms with Crippen molar-refractivity contribution in [1.29, 1.82) is 0 Å². The van der Waals surface area contributed by atoms with Crippen LogP contribution in [0, 0.1) is 0 Å². The molecule has 1 nitrogen and oxygen atoms in total. The predicted octanol–water partition coefficient (Wildman–Crippen LogP) is 6.16. The van der Waals surface area contributed by atoms with Crippen LogP contribution in [0.15, 0.2) is 46.9 Å². The van der Waals surface area contributed by atoms with Crippen molar-refractivity contribution in [3.05, 3.63) is 58.1 Å². The number of rotatable bonds is 3. The maximum absolute atomic E-state index is 12.9. The molecular weight excluding hydrogens is 401 g/mol. The monoisotopic (exact) mass is 408 g/mol. The van der Waals surface area contributed by atoms with Crippen LogP contribution in [0.5, 0.6) is 11.5 Å². The molecule has 0 heterocycles. The van der Waals surface area contributed by atoms with Crippen molar-refractivity contribution in [1.82, 2.24) is 0 Å². The van der Waals surface area contributed by atoms with E-state index in [1.165, 1.54) is 18.2 Å². The minimum atomic E-state index is -4.45. The molecule has 0 amide bonds. The SMILES string of the molecule is FC(F)(F)c1ccccc1Oc1ccc(CBr)cc1Br. The first-order valence-electron chi connectivity index (χ1n) is 5.60. The minimum absolute atomic E-state index is 0.215. The fourth-order valence-corrected chi connectivity index (χ4v) is 2.47. The van der Waals surface area contributed by atoms with E-state index in [9.17, 15) is 13.2 Å². The maximum atomic E-state index is 12.9. The molecule has 20 heavy (non-hydrogen) atoms. The Hall–Kier alpha value is -1.01. The molecule has 0 N–H and O–H groups in total. The quantitative estimate of drug-likeness (QED) is 0.552. The van der Waals surface area contributed by atoms with E-state index in [1.807, 2.05) is 0 Å². The summed E-state index contributed by atoms with van der Waals surface area (Å²) in [6.45, 7) is 0. The van der Waals surface area contributed by atoms with E-state index in [4.69, 9.17) is 4.74 Å². The highest BCUT2D eigenvalue weighted by atomic mass is 79.9. The van der Waals surface area contributed by atoms with E-state index in [-0.39, 0.29) is 5.75 Å². The molecule has 0 aliphatic carbocycles. The summed E-state index contributed by atoms with van der Waals surface area (Å²) in [4.78, 5) is 0. The minimum Gasteiger partial charge on any atom is -0.456 e. The zero-order valence-electron chi connectivity index (χ0n) is 10.0. The van der Waals surface area contributed by atoms with E-state index < -0.39 is 11.7 Å². The maximum Gasteiger partial charge on any atom is 0.419 e. The van der Waals surface area contributed by atoms with E-state index >= 15 is 0 Å². The van der Waals surface area contributed by atoms with Crippen molar-refractivity contribution in [2.75, 3.05) is 0 Å². The van der Waals surface area contributed by atoms with Crippen LogP contribution < -0.4 is 4.74 Å². The first kappa shape index (κ1) is 15.4. The standard InChI is InChI=1S/C14H9Br2F3O/c15-8-9-5-6-13(11(16)7-9)20-12-4-2-1-3-10(12)14(17,18)19/h1-7H,8H2. The molecule has 0 unspecified atom stereocenters. The zero-order valence-corrected chi connectivity index (χ0v) is 13.2. The summed E-state index contributed by atoms with van der Waals surface area (Å²) in [6.07, 6.45) is -4.45. The highest BCUT2D eigenvalue weighted by molar-refractivity contribution is 9.10.